The van der Waals surface area contributed by atoms with Gasteiger partial charge in [-0.3, -0.25) is 5.41 Å². The summed E-state index contributed by atoms with van der Waals surface area (Å²) in [5, 5.41) is 10.1. The van der Waals surface area contributed by atoms with Crippen molar-refractivity contribution in [3.63, 3.8) is 0 Å². The van der Waals surface area contributed by atoms with Crippen molar-refractivity contribution in [1.29, 1.82) is 5.41 Å². The third-order valence-electron chi connectivity index (χ3n) is 5.86. The lowest BCUT2D eigenvalue weighted by molar-refractivity contribution is 0.570. The van der Waals surface area contributed by atoms with Crippen molar-refractivity contribution in [1.82, 2.24) is 4.83 Å². The Morgan fingerprint density at radius 1 is 0.842 bits per heavy atom. The van der Waals surface area contributed by atoms with Crippen LogP contribution >= 0.6 is 23.1 Å². The predicted octanol–water partition coefficient (Wildman–Crippen LogP) is 5.15. The van der Waals surface area contributed by atoms with Crippen LogP contribution in [-0.2, 0) is 20.0 Å². The average molecular weight is 583 g/mol. The molecule has 1 aromatic heterocycles. The normalized spacial score (nSPS) is 12.1. The Morgan fingerprint density at radius 2 is 1.37 bits per heavy atom. The second-order valence-corrected chi connectivity index (χ2v) is 13.7. The molecule has 0 fully saturated rings. The third kappa shape index (κ3) is 4.65. The molecular weight excluding hydrogens is 561 g/mol. The Bertz CT molecular complexity index is 1910. The van der Waals surface area contributed by atoms with Crippen LogP contribution in [0.15, 0.2) is 105 Å². The molecule has 194 valence electrons. The standard InChI is InChI=1S/C26H22N4O4S4/c1-35-26-21(16-22(36-26)25(27)28)30(38(33,34)24-15-7-11-18-9-3-5-13-20(18)24)29-37(31,32)23-14-6-10-17-8-2-4-12-19(17)23/h2-16,29H,1H3,(H3,27,28). The number of hydrogen-bond donors (Lipinski definition) is 3. The fraction of sp³-hybridized carbons (Fsp3) is 0.0385. The van der Waals surface area contributed by atoms with E-state index < -0.39 is 20.0 Å². The maximum absolute atomic E-state index is 14.3. The number of sulfonamides is 2. The van der Waals surface area contributed by atoms with E-state index in [4.69, 9.17) is 11.1 Å². The smallest absolute Gasteiger partial charge is 0.279 e. The molecule has 0 amide bonds. The Hall–Kier alpha value is -3.42. The van der Waals surface area contributed by atoms with Crippen molar-refractivity contribution in [2.45, 2.75) is 14.0 Å². The zero-order chi connectivity index (χ0) is 27.1. The lowest BCUT2D eigenvalue weighted by Gasteiger charge is -2.25. The van der Waals surface area contributed by atoms with Crippen molar-refractivity contribution in [3.8, 4) is 0 Å². The molecule has 5 rings (SSSR count). The van der Waals surface area contributed by atoms with E-state index in [1.165, 1.54) is 30.0 Å². The number of nitrogens with zero attached hydrogens (tertiary/aromatic N) is 1. The Labute approximate surface area is 228 Å². The minimum Gasteiger partial charge on any atom is -0.383 e. The first-order chi connectivity index (χ1) is 18.1. The molecular formula is C26H22N4O4S4. The van der Waals surface area contributed by atoms with Crippen LogP contribution in [0, 0.1) is 5.41 Å². The van der Waals surface area contributed by atoms with Crippen LogP contribution in [-0.4, -0.2) is 28.9 Å². The number of amidine groups is 1. The SMILES string of the molecule is CSc1sc(C(=N)N)cc1N(NS(=O)(=O)c1cccc2ccccc12)S(=O)(=O)c1cccc2ccccc12. The van der Waals surface area contributed by atoms with Gasteiger partial charge in [0.05, 0.1) is 24.6 Å². The maximum atomic E-state index is 14.3. The third-order valence-corrected chi connectivity index (χ3v) is 11.3. The Kier molecular flexibility index (Phi) is 6.92. The number of hydrogen-bond acceptors (Lipinski definition) is 7. The number of anilines is 1. The monoisotopic (exact) mass is 582 g/mol. The minimum absolute atomic E-state index is 0.0597. The van der Waals surface area contributed by atoms with E-state index in [2.05, 4.69) is 4.83 Å². The molecule has 5 aromatic rings. The van der Waals surface area contributed by atoms with Gasteiger partial charge in [0.25, 0.3) is 20.0 Å². The van der Waals surface area contributed by atoms with Gasteiger partial charge in [-0.05, 0) is 35.2 Å². The van der Waals surface area contributed by atoms with E-state index in [0.717, 1.165) is 11.3 Å². The van der Waals surface area contributed by atoms with E-state index in [1.807, 2.05) is 0 Å². The Morgan fingerprint density at radius 3 is 1.95 bits per heavy atom. The summed E-state index contributed by atoms with van der Waals surface area (Å²) >= 11 is 2.33. The summed E-state index contributed by atoms with van der Waals surface area (Å²) in [7, 11) is -8.90. The van der Waals surface area contributed by atoms with Gasteiger partial charge in [-0.15, -0.1) is 27.9 Å². The second-order valence-electron chi connectivity index (χ2n) is 8.22. The quantitative estimate of drug-likeness (QED) is 0.100. The highest BCUT2D eigenvalue weighted by Gasteiger charge is 2.34. The highest BCUT2D eigenvalue weighted by molar-refractivity contribution is 8.00. The van der Waals surface area contributed by atoms with Crippen LogP contribution in [0.3, 0.4) is 0 Å². The molecule has 0 bridgehead atoms. The van der Waals surface area contributed by atoms with E-state index in [-0.39, 0.29) is 21.3 Å². The summed E-state index contributed by atoms with van der Waals surface area (Å²) < 4.78 is 57.4. The van der Waals surface area contributed by atoms with Crippen LogP contribution in [0.1, 0.15) is 4.88 Å². The molecule has 0 aliphatic carbocycles. The topological polar surface area (TPSA) is 133 Å². The molecule has 12 heteroatoms. The molecule has 0 aliphatic heterocycles. The predicted molar refractivity (Wildman–Crippen MR) is 155 cm³/mol. The molecule has 0 unspecified atom stereocenters. The van der Waals surface area contributed by atoms with Gasteiger partial charge in [0.2, 0.25) is 0 Å². The number of fused-ring (bicyclic) bond motifs is 2. The molecule has 0 aliphatic rings. The van der Waals surface area contributed by atoms with Gasteiger partial charge in [0, 0.05) is 10.8 Å². The largest absolute Gasteiger partial charge is 0.383 e. The summed E-state index contributed by atoms with van der Waals surface area (Å²) in [4.78, 5) is 2.52. The van der Waals surface area contributed by atoms with Crippen LogP contribution in [0.5, 0.6) is 0 Å². The number of nitrogens with two attached hydrogens (primary N) is 1. The lowest BCUT2D eigenvalue weighted by Crippen LogP contribution is -2.46. The van der Waals surface area contributed by atoms with Gasteiger partial charge in [-0.1, -0.05) is 72.8 Å². The van der Waals surface area contributed by atoms with Crippen molar-refractivity contribution in [2.24, 2.45) is 5.73 Å². The molecule has 0 atom stereocenters. The summed E-state index contributed by atoms with van der Waals surface area (Å²) in [5.41, 5.74) is 5.76. The number of nitrogen functional groups attached to an aromatic ring is 1. The highest BCUT2D eigenvalue weighted by Crippen LogP contribution is 2.40. The second kappa shape index (κ2) is 10.0. The molecule has 4 aromatic carbocycles. The summed E-state index contributed by atoms with van der Waals surface area (Å²) in [6, 6.07) is 25.0. The van der Waals surface area contributed by atoms with Crippen molar-refractivity contribution in [2.75, 3.05) is 10.7 Å². The van der Waals surface area contributed by atoms with E-state index in [1.54, 1.807) is 79.1 Å². The fourth-order valence-corrected chi connectivity index (χ4v) is 9.08. The van der Waals surface area contributed by atoms with Gasteiger partial charge in [0.1, 0.15) is 5.84 Å². The summed E-state index contributed by atoms with van der Waals surface area (Å²) in [5.74, 6) is -0.254. The van der Waals surface area contributed by atoms with Gasteiger partial charge in [-0.2, -0.15) is 12.8 Å². The highest BCUT2D eigenvalue weighted by atomic mass is 32.2. The van der Waals surface area contributed by atoms with E-state index in [9.17, 15) is 16.8 Å². The first-order valence-corrected chi connectivity index (χ1v) is 16.2. The number of nitrogens with one attached hydrogen (secondary N) is 2. The molecule has 4 N–H and O–H groups in total. The zero-order valence-electron chi connectivity index (χ0n) is 20.0. The van der Waals surface area contributed by atoms with Gasteiger partial charge in [-0.25, -0.2) is 8.42 Å². The van der Waals surface area contributed by atoms with Crippen molar-refractivity contribution >= 4 is 76.2 Å². The molecule has 1 heterocycles. The number of thioether (sulfide) groups is 1. The van der Waals surface area contributed by atoms with Gasteiger partial charge >= 0.3 is 0 Å². The van der Waals surface area contributed by atoms with Crippen molar-refractivity contribution in [3.05, 3.63) is 95.9 Å². The van der Waals surface area contributed by atoms with Crippen molar-refractivity contribution < 1.29 is 16.8 Å². The minimum atomic E-state index is -4.50. The maximum Gasteiger partial charge on any atom is 0.279 e. The average Bonchev–Trinajstić information content (AvgIpc) is 3.35. The molecule has 0 saturated heterocycles. The fourth-order valence-electron chi connectivity index (χ4n) is 4.12. The van der Waals surface area contributed by atoms with Crippen LogP contribution in [0.25, 0.3) is 21.5 Å². The molecule has 38 heavy (non-hydrogen) atoms. The van der Waals surface area contributed by atoms with Crippen LogP contribution in [0.2, 0.25) is 0 Å². The van der Waals surface area contributed by atoms with Gasteiger partial charge < -0.3 is 5.73 Å². The molecule has 0 radical (unpaired) electrons. The first kappa shape index (κ1) is 26.2. The number of benzene rings is 4. The Balaban J connectivity index is 1.74. The summed E-state index contributed by atoms with van der Waals surface area (Å²) in [6.45, 7) is 0. The number of hydrazine groups is 1. The molecule has 8 nitrogen and oxygen atoms in total. The lowest BCUT2D eigenvalue weighted by atomic mass is 10.1. The first-order valence-electron chi connectivity index (χ1n) is 11.2. The van der Waals surface area contributed by atoms with Gasteiger partial charge in [0.15, 0.2) is 0 Å². The van der Waals surface area contributed by atoms with Crippen LogP contribution < -0.4 is 15.0 Å². The molecule has 0 spiro atoms. The van der Waals surface area contributed by atoms with E-state index in [0.29, 0.717) is 35.0 Å². The van der Waals surface area contributed by atoms with E-state index >= 15 is 0 Å². The zero-order valence-corrected chi connectivity index (χ0v) is 23.2. The summed E-state index contributed by atoms with van der Waals surface area (Å²) in [6.07, 6.45) is 1.74. The number of thiophene rings is 1. The van der Waals surface area contributed by atoms with Crippen LogP contribution in [0.4, 0.5) is 5.69 Å². The molecule has 0 saturated carbocycles. The number of rotatable bonds is 8.